The van der Waals surface area contributed by atoms with Crippen molar-refractivity contribution in [3.05, 3.63) is 40.4 Å². The van der Waals surface area contributed by atoms with Crippen molar-refractivity contribution in [3.63, 3.8) is 0 Å². The highest BCUT2D eigenvalue weighted by atomic mass is 32.1. The van der Waals surface area contributed by atoms with E-state index in [9.17, 15) is 4.79 Å². The molecule has 8 nitrogen and oxygen atoms in total. The molecule has 1 fully saturated rings. The molecule has 1 aliphatic heterocycles. The Morgan fingerprint density at radius 2 is 2.32 bits per heavy atom. The molecule has 4 rings (SSSR count). The van der Waals surface area contributed by atoms with Crippen LogP contribution in [0.3, 0.4) is 0 Å². The minimum atomic E-state index is -0.0782. The van der Waals surface area contributed by atoms with Crippen LogP contribution in [0, 0.1) is 0 Å². The average molecular weight is 358 g/mol. The molecule has 0 saturated carbocycles. The lowest BCUT2D eigenvalue weighted by Crippen LogP contribution is -2.38. The predicted octanol–water partition coefficient (Wildman–Crippen LogP) is 1.29. The van der Waals surface area contributed by atoms with Gasteiger partial charge in [-0.25, -0.2) is 9.97 Å². The molecule has 0 spiro atoms. The van der Waals surface area contributed by atoms with E-state index < -0.39 is 0 Å². The second-order valence-electron chi connectivity index (χ2n) is 6.04. The lowest BCUT2D eigenvalue weighted by atomic mass is 10.2. The van der Waals surface area contributed by atoms with E-state index in [1.54, 1.807) is 29.0 Å². The Kier molecular flexibility index (Phi) is 4.51. The molecule has 1 aliphatic rings. The van der Waals surface area contributed by atoms with E-state index in [4.69, 9.17) is 4.74 Å². The Balaban J connectivity index is 1.47. The molecule has 4 heterocycles. The Hall–Kier alpha value is -2.23. The van der Waals surface area contributed by atoms with Gasteiger partial charge in [-0.05, 0) is 13.0 Å². The van der Waals surface area contributed by atoms with Gasteiger partial charge in [-0.2, -0.15) is 14.6 Å². The molecular weight excluding hydrogens is 340 g/mol. The van der Waals surface area contributed by atoms with Crippen LogP contribution in [-0.2, 0) is 22.5 Å². The number of fused-ring (bicyclic) bond motifs is 1. The highest BCUT2D eigenvalue weighted by molar-refractivity contribution is 7.11. The Bertz CT molecular complexity index is 892. The summed E-state index contributed by atoms with van der Waals surface area (Å²) >= 11 is 1.60. The summed E-state index contributed by atoms with van der Waals surface area (Å²) in [5.74, 6) is 0.719. The maximum Gasteiger partial charge on any atom is 0.252 e. The molecule has 3 aromatic heterocycles. The zero-order chi connectivity index (χ0) is 17.2. The lowest BCUT2D eigenvalue weighted by Gasteiger charge is -2.32. The highest BCUT2D eigenvalue weighted by Gasteiger charge is 2.25. The lowest BCUT2D eigenvalue weighted by molar-refractivity contribution is -0.116. The first-order valence-corrected chi connectivity index (χ1v) is 8.92. The topological polar surface area (TPSA) is 85.5 Å². The normalized spacial score (nSPS) is 18.7. The van der Waals surface area contributed by atoms with E-state index in [-0.39, 0.29) is 11.9 Å². The smallest absolute Gasteiger partial charge is 0.252 e. The molecule has 0 aromatic carbocycles. The summed E-state index contributed by atoms with van der Waals surface area (Å²) in [5, 5.41) is 5.12. The quantitative estimate of drug-likeness (QED) is 0.679. The maximum atomic E-state index is 11.2. The molecule has 0 bridgehead atoms. The van der Waals surface area contributed by atoms with Gasteiger partial charge in [-0.3, -0.25) is 9.69 Å². The van der Waals surface area contributed by atoms with E-state index in [1.165, 1.54) is 6.33 Å². The maximum absolute atomic E-state index is 11.2. The minimum absolute atomic E-state index is 0.0782. The number of hydrogen-bond donors (Lipinski definition) is 0. The van der Waals surface area contributed by atoms with Crippen LogP contribution in [0.1, 0.15) is 28.6 Å². The molecule has 0 N–H and O–H groups in total. The third-order valence-corrected chi connectivity index (χ3v) is 5.05. The molecule has 0 amide bonds. The molecule has 3 aromatic rings. The molecule has 0 aliphatic carbocycles. The molecule has 1 unspecified atom stereocenters. The first kappa shape index (κ1) is 16.2. The number of ether oxygens (including phenoxy) is 1. The second-order valence-corrected chi connectivity index (χ2v) is 7.23. The number of nitrogens with zero attached hydrogens (tertiary/aromatic N) is 6. The van der Waals surface area contributed by atoms with Crippen LogP contribution in [0.25, 0.3) is 5.78 Å². The number of aromatic nitrogens is 5. The van der Waals surface area contributed by atoms with Gasteiger partial charge in [-0.15, -0.1) is 11.3 Å². The second kappa shape index (κ2) is 6.95. The zero-order valence-corrected chi connectivity index (χ0v) is 14.6. The van der Waals surface area contributed by atoms with E-state index in [2.05, 4.69) is 25.0 Å². The zero-order valence-electron chi connectivity index (χ0n) is 13.8. The summed E-state index contributed by atoms with van der Waals surface area (Å²) in [5.41, 5.74) is 0.953. The minimum Gasteiger partial charge on any atom is -0.369 e. The first-order chi connectivity index (χ1) is 12.2. The van der Waals surface area contributed by atoms with Gasteiger partial charge in [0.05, 0.1) is 18.7 Å². The van der Waals surface area contributed by atoms with Gasteiger partial charge in [0, 0.05) is 36.9 Å². The fourth-order valence-corrected chi connectivity index (χ4v) is 4.00. The number of morpholine rings is 1. The fourth-order valence-electron chi connectivity index (χ4n) is 2.96. The van der Waals surface area contributed by atoms with Crippen molar-refractivity contribution in [2.45, 2.75) is 26.0 Å². The van der Waals surface area contributed by atoms with Gasteiger partial charge in [0.1, 0.15) is 23.2 Å². The van der Waals surface area contributed by atoms with Crippen molar-refractivity contribution < 1.29 is 9.53 Å². The van der Waals surface area contributed by atoms with Crippen molar-refractivity contribution in [2.24, 2.45) is 0 Å². The van der Waals surface area contributed by atoms with Crippen LogP contribution in [0.5, 0.6) is 0 Å². The molecule has 1 atom stereocenters. The van der Waals surface area contributed by atoms with Gasteiger partial charge in [0.25, 0.3) is 5.78 Å². The van der Waals surface area contributed by atoms with E-state index in [0.29, 0.717) is 18.8 Å². The summed E-state index contributed by atoms with van der Waals surface area (Å²) in [4.78, 5) is 27.4. The number of rotatable bonds is 5. The van der Waals surface area contributed by atoms with E-state index in [0.717, 1.165) is 35.2 Å². The van der Waals surface area contributed by atoms with Gasteiger partial charge in [0.15, 0.2) is 0 Å². The molecular formula is C16H18N6O2S. The van der Waals surface area contributed by atoms with Crippen molar-refractivity contribution in [3.8, 4) is 0 Å². The van der Waals surface area contributed by atoms with Crippen molar-refractivity contribution >= 4 is 22.9 Å². The Morgan fingerprint density at radius 3 is 3.20 bits per heavy atom. The van der Waals surface area contributed by atoms with E-state index in [1.807, 2.05) is 12.3 Å². The van der Waals surface area contributed by atoms with Gasteiger partial charge in [-0.1, -0.05) is 0 Å². The summed E-state index contributed by atoms with van der Waals surface area (Å²) in [6.45, 7) is 4.68. The van der Waals surface area contributed by atoms with Gasteiger partial charge >= 0.3 is 0 Å². The Morgan fingerprint density at radius 1 is 1.40 bits per heavy atom. The largest absolute Gasteiger partial charge is 0.369 e. The summed E-state index contributed by atoms with van der Waals surface area (Å²) < 4.78 is 7.68. The van der Waals surface area contributed by atoms with Gasteiger partial charge in [0.2, 0.25) is 0 Å². The molecule has 9 heteroatoms. The highest BCUT2D eigenvalue weighted by Crippen LogP contribution is 2.24. The van der Waals surface area contributed by atoms with Crippen LogP contribution in [0.2, 0.25) is 0 Å². The van der Waals surface area contributed by atoms with Crippen LogP contribution in [0.15, 0.2) is 24.8 Å². The van der Waals surface area contributed by atoms with Crippen molar-refractivity contribution in [1.29, 1.82) is 0 Å². The SMILES string of the molecule is CC(=O)Cc1ncc(CN2CCOC(c3ccnc4ncnn34)C2)s1. The number of ketones is 1. The average Bonchev–Trinajstić information content (AvgIpc) is 3.23. The third kappa shape index (κ3) is 3.58. The van der Waals surface area contributed by atoms with Crippen LogP contribution < -0.4 is 0 Å². The predicted molar refractivity (Wildman–Crippen MR) is 91.3 cm³/mol. The molecule has 25 heavy (non-hydrogen) atoms. The van der Waals surface area contributed by atoms with Crippen LogP contribution >= 0.6 is 11.3 Å². The number of carbonyl (C=O) groups is 1. The molecule has 0 radical (unpaired) electrons. The summed E-state index contributed by atoms with van der Waals surface area (Å²) in [7, 11) is 0. The van der Waals surface area contributed by atoms with Gasteiger partial charge < -0.3 is 4.74 Å². The summed E-state index contributed by atoms with van der Waals surface area (Å²) in [6, 6.07) is 1.92. The Labute approximate surface area is 148 Å². The number of hydrogen-bond acceptors (Lipinski definition) is 8. The molecule has 1 saturated heterocycles. The first-order valence-electron chi connectivity index (χ1n) is 8.10. The van der Waals surface area contributed by atoms with Crippen LogP contribution in [-0.4, -0.2) is 54.9 Å². The number of thiazole rings is 1. The van der Waals surface area contributed by atoms with Crippen LogP contribution in [0.4, 0.5) is 0 Å². The standard InChI is InChI=1S/C16H18N6O2S/c1-11(23)6-15-18-7-12(25-15)8-21-4-5-24-14(9-21)13-2-3-17-16-19-10-20-22(13)16/h2-3,7,10,14H,4-6,8-9H2,1H3. The summed E-state index contributed by atoms with van der Waals surface area (Å²) in [6.07, 6.45) is 5.44. The van der Waals surface area contributed by atoms with E-state index >= 15 is 0 Å². The monoisotopic (exact) mass is 358 g/mol. The number of carbonyl (C=O) groups excluding carboxylic acids is 1. The fraction of sp³-hybridized carbons (Fsp3) is 0.438. The van der Waals surface area contributed by atoms with Crippen molar-refractivity contribution in [2.75, 3.05) is 19.7 Å². The third-order valence-electron chi connectivity index (χ3n) is 4.07. The molecule has 130 valence electrons. The number of Topliss-reactive ketones (excluding diaryl/α,β-unsaturated/α-hetero) is 1. The van der Waals surface area contributed by atoms with Crippen molar-refractivity contribution in [1.82, 2.24) is 29.5 Å².